The second kappa shape index (κ2) is 12.4. The molecule has 0 aliphatic heterocycles. The van der Waals surface area contributed by atoms with Crippen LogP contribution in [0.5, 0.6) is 0 Å². The summed E-state index contributed by atoms with van der Waals surface area (Å²) in [5.41, 5.74) is 0.0843. The minimum Gasteiger partial charge on any atom is -0.444 e. The third-order valence-electron chi connectivity index (χ3n) is 6.58. The van der Waals surface area contributed by atoms with Gasteiger partial charge in [0.05, 0.1) is 0 Å². The van der Waals surface area contributed by atoms with Crippen LogP contribution in [0.4, 0.5) is 4.79 Å². The zero-order valence-corrected chi connectivity index (χ0v) is 22.8. The van der Waals surface area contributed by atoms with Crippen LogP contribution < -0.4 is 10.6 Å². The number of amides is 3. The van der Waals surface area contributed by atoms with Crippen molar-refractivity contribution in [3.8, 4) is 0 Å². The molecule has 35 heavy (non-hydrogen) atoms. The molecule has 0 aromatic heterocycles. The maximum Gasteiger partial charge on any atom is 0.408 e. The second-order valence-electron chi connectivity index (χ2n) is 11.0. The fraction of sp³-hybridized carbons (Fsp3) is 0.679. The number of hydrogen-bond donors (Lipinski definition) is 2. The molecular formula is C28H45N3O4. The van der Waals surface area contributed by atoms with Crippen LogP contribution in [0, 0.1) is 11.8 Å². The summed E-state index contributed by atoms with van der Waals surface area (Å²) in [5, 5.41) is 5.95. The normalized spacial score (nSPS) is 20.7. The molecule has 1 fully saturated rings. The first-order valence-electron chi connectivity index (χ1n) is 13.1. The Hall–Kier alpha value is -2.57. The molecule has 6 atom stereocenters. The van der Waals surface area contributed by atoms with Gasteiger partial charge < -0.3 is 20.3 Å². The number of carbonyl (C=O) groups is 3. The van der Waals surface area contributed by atoms with Gasteiger partial charge >= 0.3 is 6.09 Å². The van der Waals surface area contributed by atoms with E-state index >= 15 is 0 Å². The molecule has 1 aromatic carbocycles. The first kappa shape index (κ1) is 28.7. The van der Waals surface area contributed by atoms with E-state index in [0.29, 0.717) is 6.42 Å². The van der Waals surface area contributed by atoms with Gasteiger partial charge in [-0.3, -0.25) is 9.59 Å². The lowest BCUT2D eigenvalue weighted by Gasteiger charge is -2.37. The Kier molecular flexibility index (Phi) is 10.2. The first-order chi connectivity index (χ1) is 16.4. The molecule has 1 aromatic rings. The molecule has 3 amide bonds. The first-order valence-corrected chi connectivity index (χ1v) is 13.1. The van der Waals surface area contributed by atoms with Crippen LogP contribution in [-0.4, -0.2) is 46.5 Å². The van der Waals surface area contributed by atoms with E-state index in [1.807, 2.05) is 51.1 Å². The molecule has 1 aliphatic rings. The van der Waals surface area contributed by atoms with Gasteiger partial charge in [-0.15, -0.1) is 0 Å². The highest BCUT2D eigenvalue weighted by Gasteiger charge is 2.48. The van der Waals surface area contributed by atoms with Gasteiger partial charge in [0.15, 0.2) is 0 Å². The lowest BCUT2D eigenvalue weighted by atomic mass is 9.95. The zero-order chi connectivity index (χ0) is 26.3. The Morgan fingerprint density at radius 3 is 2.17 bits per heavy atom. The highest BCUT2D eigenvalue weighted by molar-refractivity contribution is 5.93. The average Bonchev–Trinajstić information content (AvgIpc) is 3.49. The zero-order valence-electron chi connectivity index (χ0n) is 22.8. The molecule has 2 N–H and O–H groups in total. The minimum absolute atomic E-state index is 0.00228. The smallest absolute Gasteiger partial charge is 0.408 e. The number of ether oxygens (including phenoxy) is 1. The molecule has 2 rings (SSSR count). The Labute approximate surface area is 211 Å². The summed E-state index contributed by atoms with van der Waals surface area (Å²) < 4.78 is 5.46. The fourth-order valence-corrected chi connectivity index (χ4v) is 4.35. The summed E-state index contributed by atoms with van der Waals surface area (Å²) in [5.74, 6) is -0.285. The molecule has 196 valence electrons. The number of carbonyl (C=O) groups excluding carboxylic acids is 3. The predicted molar refractivity (Wildman–Crippen MR) is 139 cm³/mol. The van der Waals surface area contributed by atoms with Crippen LogP contribution in [0.25, 0.3) is 0 Å². The number of nitrogens with one attached hydrogen (secondary N) is 2. The van der Waals surface area contributed by atoms with E-state index in [1.165, 1.54) is 0 Å². The molecule has 0 heterocycles. The summed E-state index contributed by atoms with van der Waals surface area (Å²) >= 11 is 0. The van der Waals surface area contributed by atoms with Gasteiger partial charge in [0.1, 0.15) is 17.7 Å². The Morgan fingerprint density at radius 1 is 1.09 bits per heavy atom. The third-order valence-corrected chi connectivity index (χ3v) is 6.58. The molecule has 0 bridgehead atoms. The largest absolute Gasteiger partial charge is 0.444 e. The molecule has 6 unspecified atom stereocenters. The summed E-state index contributed by atoms with van der Waals surface area (Å²) in [6.45, 7) is 15.5. The number of hydrogen-bond acceptors (Lipinski definition) is 4. The molecular weight excluding hydrogens is 442 g/mol. The van der Waals surface area contributed by atoms with Crippen LogP contribution in [0.15, 0.2) is 30.3 Å². The van der Waals surface area contributed by atoms with Gasteiger partial charge in [-0.1, -0.05) is 70.9 Å². The van der Waals surface area contributed by atoms with Gasteiger partial charge in [0, 0.05) is 12.1 Å². The van der Waals surface area contributed by atoms with E-state index in [0.717, 1.165) is 24.8 Å². The Balaban J connectivity index is 2.46. The molecule has 7 nitrogen and oxygen atoms in total. The van der Waals surface area contributed by atoms with Crippen LogP contribution in [-0.2, 0) is 14.3 Å². The summed E-state index contributed by atoms with van der Waals surface area (Å²) in [6.07, 6.45) is 2.70. The molecule has 1 aliphatic carbocycles. The van der Waals surface area contributed by atoms with Crippen molar-refractivity contribution in [3.05, 3.63) is 35.9 Å². The molecule has 0 spiro atoms. The van der Waals surface area contributed by atoms with E-state index in [1.54, 1.807) is 25.7 Å². The van der Waals surface area contributed by atoms with Crippen molar-refractivity contribution >= 4 is 17.9 Å². The standard InChI is InChI=1S/C28H45N3O4/c1-9-14-20(5)29-25(32)24(21-15-12-11-13-16-21)31(22-17-19(22)4)26(33)23(18(3)10-2)30-27(34)35-28(6,7)8/h11-13,15-16,18-20,22-24H,9-10,14,17H2,1-8H3,(H,29,32)(H,30,34). The number of rotatable bonds is 11. The number of benzene rings is 1. The highest BCUT2D eigenvalue weighted by atomic mass is 16.6. The number of alkyl carbamates (subject to hydrolysis) is 1. The summed E-state index contributed by atoms with van der Waals surface area (Å²) in [4.78, 5) is 42.2. The number of nitrogens with zero attached hydrogens (tertiary/aromatic N) is 1. The van der Waals surface area contributed by atoms with Crippen LogP contribution in [0.2, 0.25) is 0 Å². The summed E-state index contributed by atoms with van der Waals surface area (Å²) in [7, 11) is 0. The maximum absolute atomic E-state index is 14.2. The van der Waals surface area contributed by atoms with Crippen LogP contribution in [0.3, 0.4) is 0 Å². The molecule has 7 heteroatoms. The van der Waals surface area contributed by atoms with Gasteiger partial charge in [0.25, 0.3) is 0 Å². The molecule has 0 radical (unpaired) electrons. The van der Waals surface area contributed by atoms with E-state index in [4.69, 9.17) is 4.74 Å². The summed E-state index contributed by atoms with van der Waals surface area (Å²) in [6, 6.07) is 7.81. The molecule has 1 saturated carbocycles. The van der Waals surface area contributed by atoms with E-state index < -0.39 is 23.8 Å². The highest BCUT2D eigenvalue weighted by Crippen LogP contribution is 2.41. The van der Waals surface area contributed by atoms with Gasteiger partial charge in [-0.2, -0.15) is 0 Å². The van der Waals surface area contributed by atoms with Crippen molar-refractivity contribution in [2.24, 2.45) is 11.8 Å². The van der Waals surface area contributed by atoms with Crippen molar-refractivity contribution < 1.29 is 19.1 Å². The Morgan fingerprint density at radius 2 is 1.69 bits per heavy atom. The topological polar surface area (TPSA) is 87.7 Å². The van der Waals surface area contributed by atoms with Crippen LogP contribution >= 0.6 is 0 Å². The van der Waals surface area contributed by atoms with Gasteiger partial charge in [-0.25, -0.2) is 4.79 Å². The van der Waals surface area contributed by atoms with Crippen molar-refractivity contribution in [2.75, 3.05) is 0 Å². The monoisotopic (exact) mass is 487 g/mol. The van der Waals surface area contributed by atoms with E-state index in [9.17, 15) is 14.4 Å². The quantitative estimate of drug-likeness (QED) is 0.449. The lowest BCUT2D eigenvalue weighted by Crippen LogP contribution is -2.56. The second-order valence-corrected chi connectivity index (χ2v) is 11.0. The van der Waals surface area contributed by atoms with Gasteiger partial charge in [0.2, 0.25) is 11.8 Å². The third kappa shape index (κ3) is 8.25. The van der Waals surface area contributed by atoms with Crippen molar-refractivity contribution in [2.45, 2.75) is 111 Å². The SMILES string of the molecule is CCCC(C)NC(=O)C(c1ccccc1)N(C(=O)C(NC(=O)OC(C)(C)C)C(C)CC)C1CC1C. The van der Waals surface area contributed by atoms with Crippen molar-refractivity contribution in [1.29, 1.82) is 0 Å². The van der Waals surface area contributed by atoms with Crippen molar-refractivity contribution in [3.63, 3.8) is 0 Å². The lowest BCUT2D eigenvalue weighted by molar-refractivity contribution is -0.144. The average molecular weight is 488 g/mol. The molecule has 0 saturated heterocycles. The predicted octanol–water partition coefficient (Wildman–Crippen LogP) is 5.21. The minimum atomic E-state index is -0.797. The van der Waals surface area contributed by atoms with E-state index in [-0.39, 0.29) is 35.7 Å². The Bertz CT molecular complexity index is 852. The fourth-order valence-electron chi connectivity index (χ4n) is 4.35. The van der Waals surface area contributed by atoms with Gasteiger partial charge in [-0.05, 0) is 57.9 Å². The van der Waals surface area contributed by atoms with E-state index in [2.05, 4.69) is 24.5 Å². The van der Waals surface area contributed by atoms with Crippen molar-refractivity contribution in [1.82, 2.24) is 15.5 Å². The van der Waals surface area contributed by atoms with Crippen LogP contribution in [0.1, 0.15) is 92.7 Å². The maximum atomic E-state index is 14.2.